The topological polar surface area (TPSA) is 69.7 Å². The van der Waals surface area contributed by atoms with Gasteiger partial charge in [-0.2, -0.15) is 0 Å². The van der Waals surface area contributed by atoms with E-state index >= 15 is 0 Å². The monoisotopic (exact) mass is 625 g/mol. The molecular weight excluding hydrogens is 594 g/mol. The van der Waals surface area contributed by atoms with Gasteiger partial charge in [-0.3, -0.25) is 24.4 Å². The maximum Gasteiger partial charge on any atom is 0.150 e. The van der Waals surface area contributed by atoms with Gasteiger partial charge in [0.15, 0.2) is 0 Å². The summed E-state index contributed by atoms with van der Waals surface area (Å²) >= 11 is 0. The fourth-order valence-corrected chi connectivity index (χ4v) is 5.80. The van der Waals surface area contributed by atoms with E-state index in [1.54, 1.807) is 0 Å². The summed E-state index contributed by atoms with van der Waals surface area (Å²) in [6, 6.07) is 47.9. The van der Waals surface area contributed by atoms with Crippen molar-refractivity contribution in [1.29, 1.82) is 0 Å². The summed E-state index contributed by atoms with van der Waals surface area (Å²) in [6.45, 7) is 0.623. The van der Waals surface area contributed by atoms with E-state index in [4.69, 9.17) is 0 Å². The number of nitrogens with one attached hydrogen (secondary N) is 1. The van der Waals surface area contributed by atoms with E-state index in [0.29, 0.717) is 23.2 Å². The van der Waals surface area contributed by atoms with Crippen LogP contribution in [0.25, 0.3) is 39.0 Å². The van der Waals surface area contributed by atoms with Gasteiger partial charge in [0, 0.05) is 22.9 Å². The van der Waals surface area contributed by atoms with Crippen molar-refractivity contribution in [2.75, 3.05) is 16.6 Å². The first-order chi connectivity index (χ1) is 23.6. The van der Waals surface area contributed by atoms with Crippen molar-refractivity contribution >= 4 is 35.8 Å². The molecule has 6 aromatic carbocycles. The highest BCUT2D eigenvalue weighted by Crippen LogP contribution is 2.31. The van der Waals surface area contributed by atoms with Crippen LogP contribution in [0.5, 0.6) is 0 Å². The molecule has 0 aliphatic carbocycles. The summed E-state index contributed by atoms with van der Waals surface area (Å²) in [7, 11) is 0. The van der Waals surface area contributed by atoms with Crippen LogP contribution in [0, 0.1) is 0 Å². The molecule has 6 heteroatoms. The molecule has 1 aliphatic heterocycles. The number of carbonyl (C=O) groups excluding carboxylic acids is 3. The number of anilines is 2. The van der Waals surface area contributed by atoms with Crippen molar-refractivity contribution in [1.82, 2.24) is 5.53 Å². The summed E-state index contributed by atoms with van der Waals surface area (Å²) in [6.07, 6.45) is 4.68. The number of benzene rings is 6. The van der Waals surface area contributed by atoms with Gasteiger partial charge in [0.05, 0.1) is 17.9 Å². The SMILES string of the molecule is O=Cc1ccc(-c2ccc(C3=CN(c4ccc(-c5ccc(C=O)cc5)cc4)NN(c4ccc(-c5ccc(C=O)cc5)cc4)C3)cc2)cc1. The third kappa shape index (κ3) is 6.47. The molecule has 6 nitrogen and oxygen atoms in total. The number of rotatable bonds is 9. The van der Waals surface area contributed by atoms with E-state index in [9.17, 15) is 14.4 Å². The molecule has 0 atom stereocenters. The number of carbonyl (C=O) groups is 3. The van der Waals surface area contributed by atoms with Crippen molar-refractivity contribution in [3.63, 3.8) is 0 Å². The van der Waals surface area contributed by atoms with Crippen LogP contribution in [0.1, 0.15) is 36.6 Å². The second-order valence-electron chi connectivity index (χ2n) is 11.6. The maximum absolute atomic E-state index is 11.1. The lowest BCUT2D eigenvalue weighted by molar-refractivity contribution is 0.111. The lowest BCUT2D eigenvalue weighted by atomic mass is 9.99. The fourth-order valence-electron chi connectivity index (χ4n) is 5.80. The third-order valence-corrected chi connectivity index (χ3v) is 8.56. The predicted molar refractivity (Wildman–Crippen MR) is 193 cm³/mol. The summed E-state index contributed by atoms with van der Waals surface area (Å²) in [4.78, 5) is 33.3. The Kier molecular flexibility index (Phi) is 8.55. The average Bonchev–Trinajstić information content (AvgIpc) is 3.18. The Morgan fingerprint density at radius 2 is 0.708 bits per heavy atom. The van der Waals surface area contributed by atoms with Crippen LogP contribution >= 0.6 is 0 Å². The zero-order valence-corrected chi connectivity index (χ0v) is 26.0. The van der Waals surface area contributed by atoms with Crippen LogP contribution in [0.15, 0.2) is 152 Å². The zero-order chi connectivity index (χ0) is 32.9. The van der Waals surface area contributed by atoms with Crippen LogP contribution in [0.3, 0.4) is 0 Å². The Bertz CT molecular complexity index is 2080. The van der Waals surface area contributed by atoms with E-state index < -0.39 is 0 Å². The summed E-state index contributed by atoms with van der Waals surface area (Å²) < 4.78 is 0. The second-order valence-corrected chi connectivity index (χ2v) is 11.6. The molecule has 1 heterocycles. The molecule has 0 bridgehead atoms. The quantitative estimate of drug-likeness (QED) is 0.162. The van der Waals surface area contributed by atoms with Gasteiger partial charge in [0.1, 0.15) is 18.9 Å². The number of hydrogen-bond donors (Lipinski definition) is 1. The molecule has 1 aliphatic rings. The van der Waals surface area contributed by atoms with Crippen LogP contribution < -0.4 is 15.6 Å². The number of nitrogens with zero attached hydrogens (tertiary/aromatic N) is 2. The number of hydrazine groups is 2. The van der Waals surface area contributed by atoms with Gasteiger partial charge in [-0.05, 0) is 68.8 Å². The maximum atomic E-state index is 11.1. The Labute approximate surface area is 279 Å². The van der Waals surface area contributed by atoms with E-state index in [1.807, 2.05) is 77.8 Å². The molecule has 0 radical (unpaired) electrons. The predicted octanol–water partition coefficient (Wildman–Crippen LogP) is 8.91. The molecule has 0 saturated carbocycles. The first-order valence-electron chi connectivity index (χ1n) is 15.6. The molecule has 232 valence electrons. The van der Waals surface area contributed by atoms with Gasteiger partial charge < -0.3 is 0 Å². The minimum atomic E-state index is 0.623. The summed E-state index contributed by atoms with van der Waals surface area (Å²) in [5, 5.41) is 4.14. The molecule has 48 heavy (non-hydrogen) atoms. The van der Waals surface area contributed by atoms with Gasteiger partial charge in [-0.15, -0.1) is 5.53 Å². The van der Waals surface area contributed by atoms with Crippen molar-refractivity contribution < 1.29 is 14.4 Å². The Balaban J connectivity index is 1.19. The highest BCUT2D eigenvalue weighted by molar-refractivity contribution is 5.81. The first kappa shape index (κ1) is 30.3. The average molecular weight is 626 g/mol. The van der Waals surface area contributed by atoms with Crippen molar-refractivity contribution in [3.8, 4) is 33.4 Å². The molecule has 0 amide bonds. The second kappa shape index (κ2) is 13.5. The molecule has 0 unspecified atom stereocenters. The minimum Gasteiger partial charge on any atom is -0.298 e. The summed E-state index contributed by atoms with van der Waals surface area (Å²) in [5.41, 5.74) is 16.0. The third-order valence-electron chi connectivity index (χ3n) is 8.56. The number of hydrogen-bond acceptors (Lipinski definition) is 6. The molecule has 0 fully saturated rings. The molecule has 0 saturated heterocycles. The van der Waals surface area contributed by atoms with E-state index in [0.717, 1.165) is 74.8 Å². The molecule has 7 rings (SSSR count). The Hall–Kier alpha value is -6.37. The number of aldehydes is 3. The highest BCUT2D eigenvalue weighted by Gasteiger charge is 2.21. The van der Waals surface area contributed by atoms with Crippen LogP contribution in [-0.2, 0) is 0 Å². The summed E-state index contributed by atoms with van der Waals surface area (Å²) in [5.74, 6) is 0. The fraction of sp³-hybridized carbons (Fsp3) is 0.0238. The van der Waals surface area contributed by atoms with Gasteiger partial charge in [0.25, 0.3) is 0 Å². The normalized spacial score (nSPS) is 12.7. The van der Waals surface area contributed by atoms with Crippen molar-refractivity contribution in [2.45, 2.75) is 0 Å². The zero-order valence-electron chi connectivity index (χ0n) is 26.0. The van der Waals surface area contributed by atoms with Gasteiger partial charge >= 0.3 is 0 Å². The van der Waals surface area contributed by atoms with Gasteiger partial charge in [0.2, 0.25) is 0 Å². The van der Waals surface area contributed by atoms with Crippen molar-refractivity contribution in [3.05, 3.63) is 174 Å². The molecule has 0 spiro atoms. The highest BCUT2D eigenvalue weighted by atomic mass is 16.1. The van der Waals surface area contributed by atoms with Crippen LogP contribution in [0.4, 0.5) is 11.4 Å². The van der Waals surface area contributed by atoms with E-state index in [2.05, 4.69) is 89.5 Å². The van der Waals surface area contributed by atoms with E-state index in [-0.39, 0.29) is 0 Å². The van der Waals surface area contributed by atoms with Gasteiger partial charge in [-0.25, -0.2) is 0 Å². The van der Waals surface area contributed by atoms with E-state index in [1.165, 1.54) is 0 Å². The molecule has 1 N–H and O–H groups in total. The molecule has 0 aromatic heterocycles. The minimum absolute atomic E-state index is 0.623. The van der Waals surface area contributed by atoms with Crippen LogP contribution in [0.2, 0.25) is 0 Å². The Morgan fingerprint density at radius 3 is 1.08 bits per heavy atom. The lowest BCUT2D eigenvalue weighted by Gasteiger charge is -2.37. The first-order valence-corrected chi connectivity index (χ1v) is 15.6. The van der Waals surface area contributed by atoms with Crippen LogP contribution in [-0.4, -0.2) is 25.4 Å². The molecular formula is C42H31N3O3. The smallest absolute Gasteiger partial charge is 0.150 e. The Morgan fingerprint density at radius 1 is 0.396 bits per heavy atom. The standard InChI is InChI=1S/C42H31N3O3/c46-27-30-1-7-33(8-2-30)36-13-15-39(16-14-36)40-25-44(41-21-17-37(18-22-41)34-9-3-31(28-47)4-10-34)43-45(26-40)42-23-19-38(20-24-42)35-11-5-32(29-48)6-12-35/h1-25,27-29,43H,26H2. The molecule has 6 aromatic rings. The lowest BCUT2D eigenvalue weighted by Crippen LogP contribution is -2.52. The van der Waals surface area contributed by atoms with Gasteiger partial charge in [-0.1, -0.05) is 121 Å². The largest absolute Gasteiger partial charge is 0.298 e. The van der Waals surface area contributed by atoms with Crippen molar-refractivity contribution in [2.24, 2.45) is 0 Å².